The Balaban J connectivity index is 1.66. The summed E-state index contributed by atoms with van der Waals surface area (Å²) in [6.45, 7) is 4.01. The van der Waals surface area contributed by atoms with Crippen LogP contribution in [0.3, 0.4) is 0 Å². The standard InChI is InChI=1S/C19H23N5O2/c1-4-5-15-10-18(23-22-15)19(25)21-13(2)14-11-20-24(12-14)16-6-8-17(26-3)9-7-16/h6-13H,4-5H2,1-3H3,(H,21,25)(H,22,23)/t13-/m0/s1. The molecule has 2 N–H and O–H groups in total. The summed E-state index contributed by atoms with van der Waals surface area (Å²) in [7, 11) is 1.63. The largest absolute Gasteiger partial charge is 0.497 e. The third kappa shape index (κ3) is 3.93. The van der Waals surface area contributed by atoms with Gasteiger partial charge in [-0.05, 0) is 43.7 Å². The van der Waals surface area contributed by atoms with Gasteiger partial charge in [-0.25, -0.2) is 4.68 Å². The van der Waals surface area contributed by atoms with Crippen molar-refractivity contribution in [2.45, 2.75) is 32.7 Å². The van der Waals surface area contributed by atoms with E-state index < -0.39 is 0 Å². The number of aryl methyl sites for hydroxylation is 1. The Morgan fingerprint density at radius 3 is 2.81 bits per heavy atom. The first kappa shape index (κ1) is 17.7. The average Bonchev–Trinajstić information content (AvgIpc) is 3.32. The van der Waals surface area contributed by atoms with Crippen LogP contribution in [0, 0.1) is 0 Å². The van der Waals surface area contributed by atoms with Crippen molar-refractivity contribution in [1.29, 1.82) is 0 Å². The second-order valence-corrected chi connectivity index (χ2v) is 6.14. The number of H-pyrrole nitrogens is 1. The minimum Gasteiger partial charge on any atom is -0.497 e. The van der Waals surface area contributed by atoms with Crippen molar-refractivity contribution in [3.8, 4) is 11.4 Å². The van der Waals surface area contributed by atoms with E-state index in [-0.39, 0.29) is 11.9 Å². The number of carbonyl (C=O) groups is 1. The van der Waals surface area contributed by atoms with Gasteiger partial charge in [0.2, 0.25) is 0 Å². The van der Waals surface area contributed by atoms with Crippen LogP contribution >= 0.6 is 0 Å². The second kappa shape index (κ2) is 7.86. The molecule has 3 aromatic rings. The fourth-order valence-corrected chi connectivity index (χ4v) is 2.67. The predicted octanol–water partition coefficient (Wildman–Crippen LogP) is 3.05. The summed E-state index contributed by atoms with van der Waals surface area (Å²) in [6.07, 6.45) is 5.54. The van der Waals surface area contributed by atoms with Gasteiger partial charge in [0.05, 0.1) is 25.0 Å². The molecule has 0 aliphatic carbocycles. The summed E-state index contributed by atoms with van der Waals surface area (Å²) < 4.78 is 6.93. The number of aromatic amines is 1. The molecule has 0 spiro atoms. The fourth-order valence-electron chi connectivity index (χ4n) is 2.67. The Morgan fingerprint density at radius 2 is 2.12 bits per heavy atom. The molecule has 0 radical (unpaired) electrons. The van der Waals surface area contributed by atoms with Crippen LogP contribution in [0.2, 0.25) is 0 Å². The lowest BCUT2D eigenvalue weighted by Crippen LogP contribution is -2.26. The van der Waals surface area contributed by atoms with Gasteiger partial charge < -0.3 is 10.1 Å². The number of nitrogens with one attached hydrogen (secondary N) is 2. The molecule has 7 nitrogen and oxygen atoms in total. The molecule has 0 unspecified atom stereocenters. The maximum atomic E-state index is 12.4. The van der Waals surface area contributed by atoms with Crippen LogP contribution in [0.1, 0.15) is 48.1 Å². The van der Waals surface area contributed by atoms with Crippen LogP contribution in [0.25, 0.3) is 5.69 Å². The molecule has 1 atom stereocenters. The van der Waals surface area contributed by atoms with Crippen LogP contribution in [0.4, 0.5) is 0 Å². The van der Waals surface area contributed by atoms with Gasteiger partial charge in [0, 0.05) is 17.5 Å². The lowest BCUT2D eigenvalue weighted by molar-refractivity contribution is 0.0935. The number of aromatic nitrogens is 4. The van der Waals surface area contributed by atoms with E-state index in [1.54, 1.807) is 24.1 Å². The van der Waals surface area contributed by atoms with Crippen LogP contribution in [-0.2, 0) is 6.42 Å². The molecule has 0 aliphatic heterocycles. The van der Waals surface area contributed by atoms with Crippen molar-refractivity contribution in [2.24, 2.45) is 0 Å². The first-order valence-electron chi connectivity index (χ1n) is 8.65. The fraction of sp³-hybridized carbons (Fsp3) is 0.316. The van der Waals surface area contributed by atoms with Gasteiger partial charge in [-0.2, -0.15) is 10.2 Å². The Kier molecular flexibility index (Phi) is 5.36. The Bertz CT molecular complexity index is 866. The van der Waals surface area contributed by atoms with Crippen molar-refractivity contribution < 1.29 is 9.53 Å². The molecule has 2 aromatic heterocycles. The summed E-state index contributed by atoms with van der Waals surface area (Å²) in [6, 6.07) is 9.24. The van der Waals surface area contributed by atoms with E-state index in [0.29, 0.717) is 5.69 Å². The highest BCUT2D eigenvalue weighted by molar-refractivity contribution is 5.92. The zero-order valence-corrected chi connectivity index (χ0v) is 15.2. The summed E-state index contributed by atoms with van der Waals surface area (Å²) in [5.41, 5.74) is 3.21. The molecule has 26 heavy (non-hydrogen) atoms. The van der Waals surface area contributed by atoms with E-state index in [0.717, 1.165) is 35.5 Å². The minimum absolute atomic E-state index is 0.180. The van der Waals surface area contributed by atoms with Crippen LogP contribution in [0.5, 0.6) is 5.75 Å². The molecule has 0 saturated carbocycles. The third-order valence-electron chi connectivity index (χ3n) is 4.17. The van der Waals surface area contributed by atoms with Gasteiger partial charge in [-0.3, -0.25) is 9.89 Å². The van der Waals surface area contributed by atoms with Crippen LogP contribution in [-0.4, -0.2) is 33.0 Å². The van der Waals surface area contributed by atoms with Crippen molar-refractivity contribution in [1.82, 2.24) is 25.3 Å². The molecule has 2 heterocycles. The van der Waals surface area contributed by atoms with E-state index >= 15 is 0 Å². The number of benzene rings is 1. The molecule has 1 aromatic carbocycles. The van der Waals surface area contributed by atoms with E-state index in [1.165, 1.54) is 0 Å². The summed E-state index contributed by atoms with van der Waals surface area (Å²) in [4.78, 5) is 12.4. The zero-order valence-electron chi connectivity index (χ0n) is 15.2. The lowest BCUT2D eigenvalue weighted by atomic mass is 10.2. The van der Waals surface area contributed by atoms with Gasteiger partial charge >= 0.3 is 0 Å². The molecule has 0 aliphatic rings. The van der Waals surface area contributed by atoms with E-state index in [2.05, 4.69) is 27.5 Å². The molecule has 1 amide bonds. The second-order valence-electron chi connectivity index (χ2n) is 6.14. The number of rotatable bonds is 7. The number of ether oxygens (including phenoxy) is 1. The smallest absolute Gasteiger partial charge is 0.272 e. The molecule has 3 rings (SSSR count). The van der Waals surface area contributed by atoms with Crippen LogP contribution < -0.4 is 10.1 Å². The van der Waals surface area contributed by atoms with Crippen LogP contribution in [0.15, 0.2) is 42.7 Å². The number of methoxy groups -OCH3 is 1. The summed E-state index contributed by atoms with van der Waals surface area (Å²) >= 11 is 0. The zero-order chi connectivity index (χ0) is 18.5. The Morgan fingerprint density at radius 1 is 1.35 bits per heavy atom. The third-order valence-corrected chi connectivity index (χ3v) is 4.17. The number of carbonyl (C=O) groups excluding carboxylic acids is 1. The van der Waals surface area contributed by atoms with E-state index in [1.807, 2.05) is 37.4 Å². The first-order chi connectivity index (χ1) is 12.6. The van der Waals surface area contributed by atoms with Gasteiger partial charge in [-0.15, -0.1) is 0 Å². The predicted molar refractivity (Wildman–Crippen MR) is 98.6 cm³/mol. The SMILES string of the molecule is CCCc1cc(C(=O)N[C@@H](C)c2cnn(-c3ccc(OC)cc3)c2)n[nH]1. The molecule has 136 valence electrons. The normalized spacial score (nSPS) is 12.0. The van der Waals surface area contributed by atoms with Crippen molar-refractivity contribution in [3.63, 3.8) is 0 Å². The molecular weight excluding hydrogens is 330 g/mol. The minimum atomic E-state index is -0.201. The van der Waals surface area contributed by atoms with Gasteiger partial charge in [0.25, 0.3) is 5.91 Å². The van der Waals surface area contributed by atoms with Crippen molar-refractivity contribution >= 4 is 5.91 Å². The highest BCUT2D eigenvalue weighted by atomic mass is 16.5. The van der Waals surface area contributed by atoms with Crippen molar-refractivity contribution in [3.05, 3.63) is 59.7 Å². The molecule has 0 bridgehead atoms. The average molecular weight is 353 g/mol. The quantitative estimate of drug-likeness (QED) is 0.684. The Labute approximate surface area is 152 Å². The topological polar surface area (TPSA) is 84.8 Å². The van der Waals surface area contributed by atoms with Crippen molar-refractivity contribution in [2.75, 3.05) is 7.11 Å². The lowest BCUT2D eigenvalue weighted by Gasteiger charge is -2.10. The highest BCUT2D eigenvalue weighted by Gasteiger charge is 2.16. The number of nitrogens with zero attached hydrogens (tertiary/aromatic N) is 3. The molecular formula is C19H23N5O2. The van der Waals surface area contributed by atoms with E-state index in [4.69, 9.17) is 4.74 Å². The number of amides is 1. The maximum Gasteiger partial charge on any atom is 0.272 e. The molecule has 7 heteroatoms. The summed E-state index contributed by atoms with van der Waals surface area (Å²) in [5, 5.41) is 14.3. The monoisotopic (exact) mass is 353 g/mol. The summed E-state index contributed by atoms with van der Waals surface area (Å²) in [5.74, 6) is 0.594. The number of hydrogen-bond acceptors (Lipinski definition) is 4. The maximum absolute atomic E-state index is 12.4. The Hall–Kier alpha value is -3.09. The highest BCUT2D eigenvalue weighted by Crippen LogP contribution is 2.17. The van der Waals surface area contributed by atoms with E-state index in [9.17, 15) is 4.79 Å². The van der Waals surface area contributed by atoms with Gasteiger partial charge in [0.15, 0.2) is 0 Å². The first-order valence-corrected chi connectivity index (χ1v) is 8.65. The molecule has 0 fully saturated rings. The number of hydrogen-bond donors (Lipinski definition) is 2. The van der Waals surface area contributed by atoms with Gasteiger partial charge in [-0.1, -0.05) is 13.3 Å². The molecule has 0 saturated heterocycles. The van der Waals surface area contributed by atoms with Gasteiger partial charge in [0.1, 0.15) is 11.4 Å².